The Morgan fingerprint density at radius 1 is 1.53 bits per heavy atom. The molecule has 1 amide bonds. The number of aliphatic hydroxyl groups is 1. The summed E-state index contributed by atoms with van der Waals surface area (Å²) in [5, 5.41) is 10.6. The van der Waals surface area contributed by atoms with Gasteiger partial charge in [0.05, 0.1) is 20.6 Å². The average Bonchev–Trinajstić information content (AvgIpc) is 2.20. The second kappa shape index (κ2) is 6.99. The molecule has 112 valence electrons. The molecule has 0 aliphatic rings. The Kier molecular flexibility index (Phi) is 6.64. The van der Waals surface area contributed by atoms with Crippen LogP contribution < -0.4 is 5.32 Å². The molecule has 0 aliphatic carbocycles. The van der Waals surface area contributed by atoms with Crippen molar-refractivity contribution in [3.05, 3.63) is 12.7 Å². The Hall–Kier alpha value is -0.960. The number of nitrogens with zero attached hydrogens (tertiary/aromatic N) is 1. The van der Waals surface area contributed by atoms with Crippen LogP contribution in [0.15, 0.2) is 12.7 Å². The molecule has 0 aromatic carbocycles. The number of carbonyl (C=O) groups excluding carboxylic acids is 1. The highest BCUT2D eigenvalue weighted by Crippen LogP contribution is 2.17. The fourth-order valence-corrected chi connectivity index (χ4v) is 3.36. The third-order valence-electron chi connectivity index (χ3n) is 2.79. The summed E-state index contributed by atoms with van der Waals surface area (Å²) in [4.78, 5) is 10.9. The number of carbonyl (C=O) groups is 1. The maximum atomic E-state index is 11.2. The summed E-state index contributed by atoms with van der Waals surface area (Å²) in [6.07, 6.45) is 0.353. The van der Waals surface area contributed by atoms with Gasteiger partial charge in [0.2, 0.25) is 11.3 Å². The molecule has 2 unspecified atom stereocenters. The predicted octanol–water partition coefficient (Wildman–Crippen LogP) is -0.993. The minimum absolute atomic E-state index is 0.159. The lowest BCUT2D eigenvalue weighted by Gasteiger charge is -2.40. The van der Waals surface area contributed by atoms with Crippen molar-refractivity contribution < 1.29 is 27.4 Å². The van der Waals surface area contributed by atoms with E-state index >= 15 is 0 Å². The summed E-state index contributed by atoms with van der Waals surface area (Å²) in [6.45, 7) is 5.25. The number of hydrogen-bond acceptors (Lipinski definition) is 5. The van der Waals surface area contributed by atoms with Crippen LogP contribution in [0.25, 0.3) is 0 Å². The van der Waals surface area contributed by atoms with Crippen LogP contribution in [0, 0.1) is 0 Å². The summed E-state index contributed by atoms with van der Waals surface area (Å²) in [5.41, 5.74) is 0. The lowest BCUT2D eigenvalue weighted by atomic mass is 10.3. The number of amides is 1. The molecule has 0 saturated heterocycles. The average molecular weight is 294 g/mol. The van der Waals surface area contributed by atoms with E-state index in [2.05, 4.69) is 11.9 Å². The van der Waals surface area contributed by atoms with Crippen molar-refractivity contribution in [3.63, 3.8) is 0 Å². The van der Waals surface area contributed by atoms with Gasteiger partial charge in [-0.15, -0.1) is 0 Å². The summed E-state index contributed by atoms with van der Waals surface area (Å²) < 4.78 is 33.4. The van der Waals surface area contributed by atoms with Gasteiger partial charge < -0.3 is 19.5 Å². The van der Waals surface area contributed by atoms with Gasteiger partial charge in [0, 0.05) is 13.0 Å². The quantitative estimate of drug-likeness (QED) is 0.259. The monoisotopic (exact) mass is 294 g/mol. The molecule has 0 saturated carbocycles. The molecular formula is C11H22N2O5S. The lowest BCUT2D eigenvalue weighted by Crippen LogP contribution is -2.58. The minimum atomic E-state index is -4.61. The van der Waals surface area contributed by atoms with Crippen LogP contribution in [-0.4, -0.2) is 67.1 Å². The van der Waals surface area contributed by atoms with E-state index < -0.39 is 21.6 Å². The van der Waals surface area contributed by atoms with Crippen molar-refractivity contribution >= 4 is 16.0 Å². The summed E-state index contributed by atoms with van der Waals surface area (Å²) in [5.74, 6) is -0.311. The van der Waals surface area contributed by atoms with Gasteiger partial charge in [-0.3, -0.25) is 4.79 Å². The molecule has 0 heterocycles. The largest absolute Gasteiger partial charge is 0.743 e. The van der Waals surface area contributed by atoms with Gasteiger partial charge >= 0.3 is 0 Å². The molecule has 0 bridgehead atoms. The first-order valence-electron chi connectivity index (χ1n) is 5.88. The second-order valence-electron chi connectivity index (χ2n) is 4.97. The third kappa shape index (κ3) is 6.15. The zero-order chi connectivity index (χ0) is 15.3. The molecule has 7 nitrogen and oxygen atoms in total. The Morgan fingerprint density at radius 2 is 2.05 bits per heavy atom. The number of nitrogens with one attached hydrogen (secondary N) is 1. The Balaban J connectivity index is 4.59. The molecular weight excluding hydrogens is 272 g/mol. The molecule has 8 heteroatoms. The second-order valence-corrected chi connectivity index (χ2v) is 6.44. The zero-order valence-electron chi connectivity index (χ0n) is 11.5. The van der Waals surface area contributed by atoms with Crippen molar-refractivity contribution in [3.8, 4) is 0 Å². The number of rotatable bonds is 8. The summed E-state index contributed by atoms with van der Waals surface area (Å²) in [6, 6.07) is 0. The van der Waals surface area contributed by atoms with Gasteiger partial charge in [0.25, 0.3) is 0 Å². The van der Waals surface area contributed by atoms with Gasteiger partial charge in [0.1, 0.15) is 6.10 Å². The highest BCUT2D eigenvalue weighted by Gasteiger charge is 2.37. The molecule has 0 aromatic heterocycles. The smallest absolute Gasteiger partial charge is 0.243 e. The van der Waals surface area contributed by atoms with E-state index in [1.54, 1.807) is 14.1 Å². The highest BCUT2D eigenvalue weighted by atomic mass is 32.2. The van der Waals surface area contributed by atoms with Gasteiger partial charge in [0.15, 0.2) is 10.1 Å². The Bertz CT molecular complexity index is 417. The highest BCUT2D eigenvalue weighted by molar-refractivity contribution is 7.86. The number of aliphatic hydroxyl groups excluding tert-OH is 1. The summed E-state index contributed by atoms with van der Waals surface area (Å²) in [7, 11) is -1.50. The topological polar surface area (TPSA) is 107 Å². The molecule has 0 aromatic rings. The van der Waals surface area contributed by atoms with Crippen LogP contribution >= 0.6 is 0 Å². The fourth-order valence-electron chi connectivity index (χ4n) is 2.07. The molecule has 0 spiro atoms. The van der Waals surface area contributed by atoms with E-state index in [1.165, 1.54) is 6.92 Å². The van der Waals surface area contributed by atoms with E-state index in [0.29, 0.717) is 19.5 Å². The molecule has 0 fully saturated rings. The Morgan fingerprint density at radius 3 is 2.42 bits per heavy atom. The van der Waals surface area contributed by atoms with Crippen LogP contribution in [-0.2, 0) is 14.9 Å². The molecule has 19 heavy (non-hydrogen) atoms. The van der Waals surface area contributed by atoms with Gasteiger partial charge in [-0.25, -0.2) is 8.42 Å². The van der Waals surface area contributed by atoms with E-state index in [9.17, 15) is 22.9 Å². The predicted molar refractivity (Wildman–Crippen MR) is 70.0 cm³/mol. The van der Waals surface area contributed by atoms with Crippen LogP contribution in [0.1, 0.15) is 13.3 Å². The number of quaternary nitrogens is 1. The Labute approximate surface area is 114 Å². The molecule has 0 radical (unpaired) electrons. The van der Waals surface area contributed by atoms with Gasteiger partial charge in [-0.2, -0.15) is 0 Å². The molecule has 2 atom stereocenters. The number of hydrogen-bond donors (Lipinski definition) is 2. The first-order valence-corrected chi connectivity index (χ1v) is 7.35. The normalized spacial score (nSPS) is 15.6. The summed E-state index contributed by atoms with van der Waals surface area (Å²) >= 11 is 0. The van der Waals surface area contributed by atoms with Crippen molar-refractivity contribution in [2.75, 3.05) is 27.2 Å². The van der Waals surface area contributed by atoms with E-state index in [4.69, 9.17) is 0 Å². The van der Waals surface area contributed by atoms with E-state index in [1.807, 2.05) is 0 Å². The number of likely N-dealkylation sites (N-methyl/N-ethyl adjacent to an activating group) is 1. The first-order chi connectivity index (χ1) is 8.52. The molecule has 2 N–H and O–H groups in total. The van der Waals surface area contributed by atoms with Crippen LogP contribution in [0.4, 0.5) is 0 Å². The molecule has 0 aliphatic heterocycles. The third-order valence-corrected chi connectivity index (χ3v) is 4.35. The first kappa shape index (κ1) is 18.0. The van der Waals surface area contributed by atoms with Crippen molar-refractivity contribution in [2.45, 2.75) is 24.8 Å². The minimum Gasteiger partial charge on any atom is -0.743 e. The zero-order valence-corrected chi connectivity index (χ0v) is 12.3. The molecule has 0 rings (SSSR count). The van der Waals surface area contributed by atoms with Crippen LogP contribution in [0.3, 0.4) is 0 Å². The van der Waals surface area contributed by atoms with Gasteiger partial charge in [-0.05, 0) is 13.0 Å². The lowest BCUT2D eigenvalue weighted by molar-refractivity contribution is -0.904. The van der Waals surface area contributed by atoms with E-state index in [-0.39, 0.29) is 10.4 Å². The van der Waals surface area contributed by atoms with Crippen LogP contribution in [0.2, 0.25) is 0 Å². The van der Waals surface area contributed by atoms with Crippen molar-refractivity contribution in [2.24, 2.45) is 0 Å². The maximum Gasteiger partial charge on any atom is 0.243 e. The van der Waals surface area contributed by atoms with Crippen molar-refractivity contribution in [1.82, 2.24) is 5.32 Å². The SMILES string of the molecule is C=CC(=O)NCCC[N+](C)(C)C(C(C)O)S(=O)(=O)[O-]. The van der Waals surface area contributed by atoms with Crippen LogP contribution in [0.5, 0.6) is 0 Å². The standard InChI is InChI=1S/C11H22N2O5S/c1-5-10(15)12-7-6-8-13(3,4)11(9(2)14)19(16,17)18/h5,9,11,14H,1,6-8H2,2-4H3,(H-,12,15,16,17,18). The van der Waals surface area contributed by atoms with Gasteiger partial charge in [-0.1, -0.05) is 6.58 Å². The van der Waals surface area contributed by atoms with E-state index in [0.717, 1.165) is 6.08 Å². The fraction of sp³-hybridized carbons (Fsp3) is 0.727. The van der Waals surface area contributed by atoms with Crippen molar-refractivity contribution in [1.29, 1.82) is 0 Å². The maximum absolute atomic E-state index is 11.2.